The first kappa shape index (κ1) is 45.2. The summed E-state index contributed by atoms with van der Waals surface area (Å²) in [7, 11) is 0. The van der Waals surface area contributed by atoms with E-state index in [0.717, 1.165) is 65.5 Å². The highest BCUT2D eigenvalue weighted by Gasteiger charge is 2.35. The first-order chi connectivity index (χ1) is 27.2. The number of aromatic nitrogens is 2. The molecule has 0 radical (unpaired) electrons. The van der Waals surface area contributed by atoms with Gasteiger partial charge in [-0.3, -0.25) is 9.97 Å². The van der Waals surface area contributed by atoms with E-state index in [0.29, 0.717) is 11.7 Å². The molecular weight excluding hydrogens is 721 g/mol. The van der Waals surface area contributed by atoms with Crippen LogP contribution in [0.25, 0.3) is 0 Å². The lowest BCUT2D eigenvalue weighted by molar-refractivity contribution is -0.0196. The summed E-state index contributed by atoms with van der Waals surface area (Å²) >= 11 is 0. The van der Waals surface area contributed by atoms with E-state index in [2.05, 4.69) is 44.6 Å². The second kappa shape index (κ2) is 21.9. The monoisotopic (exact) mass is 786 g/mol. The van der Waals surface area contributed by atoms with Crippen molar-refractivity contribution < 1.29 is 38.1 Å². The number of rotatable bonds is 21. The van der Waals surface area contributed by atoms with E-state index in [1.165, 1.54) is 57.3 Å². The molecule has 4 rings (SSSR count). The molecule has 312 valence electrons. The molecule has 57 heavy (non-hydrogen) atoms. The lowest BCUT2D eigenvalue weighted by atomic mass is 9.83. The molecule has 10 heteroatoms. The fraction of sp³-hybridized carbons (Fsp3) is 0.596. The van der Waals surface area contributed by atoms with Gasteiger partial charge in [-0.1, -0.05) is 72.6 Å². The first-order valence-electron chi connectivity index (χ1n) is 21.0. The highest BCUT2D eigenvalue weighted by Crippen LogP contribution is 2.45. The predicted octanol–water partition coefficient (Wildman–Crippen LogP) is 11.3. The van der Waals surface area contributed by atoms with Gasteiger partial charge in [0.15, 0.2) is 0 Å². The van der Waals surface area contributed by atoms with Crippen LogP contribution in [-0.4, -0.2) is 52.5 Å². The number of carbonyl (C=O) groups excluding carboxylic acids is 3. The van der Waals surface area contributed by atoms with Crippen LogP contribution in [0.15, 0.2) is 49.1 Å². The Morgan fingerprint density at radius 2 is 1.37 bits per heavy atom. The molecule has 0 spiro atoms. The maximum absolute atomic E-state index is 13.2. The highest BCUT2D eigenvalue weighted by molar-refractivity contribution is 5.89. The Hall–Kier alpha value is -4.47. The van der Waals surface area contributed by atoms with Crippen LogP contribution in [0.1, 0.15) is 155 Å². The third-order valence-electron chi connectivity index (χ3n) is 11.4. The molecule has 0 N–H and O–H groups in total. The maximum atomic E-state index is 13.2. The first-order valence-corrected chi connectivity index (χ1v) is 21.0. The van der Waals surface area contributed by atoms with Crippen molar-refractivity contribution in [3.8, 4) is 11.5 Å². The van der Waals surface area contributed by atoms with Crippen molar-refractivity contribution >= 4 is 18.1 Å². The fourth-order valence-electron chi connectivity index (χ4n) is 7.69. The number of fused-ring (bicyclic) bond motifs is 1. The van der Waals surface area contributed by atoms with Crippen molar-refractivity contribution in [2.45, 2.75) is 157 Å². The third kappa shape index (κ3) is 14.1. The molecule has 5 unspecified atom stereocenters. The molecule has 1 aliphatic rings. The second-order valence-corrected chi connectivity index (χ2v) is 17.0. The van der Waals surface area contributed by atoms with Gasteiger partial charge >= 0.3 is 18.1 Å². The van der Waals surface area contributed by atoms with Gasteiger partial charge in [-0.05, 0) is 119 Å². The van der Waals surface area contributed by atoms with Gasteiger partial charge in [0.05, 0.1) is 11.1 Å². The van der Waals surface area contributed by atoms with E-state index in [4.69, 9.17) is 23.7 Å². The smallest absolute Gasteiger partial charge is 0.487 e. The molecule has 0 saturated carbocycles. The quantitative estimate of drug-likeness (QED) is 0.0585. The van der Waals surface area contributed by atoms with Crippen molar-refractivity contribution in [1.29, 1.82) is 0 Å². The molecule has 3 aromatic rings. The topological polar surface area (TPSA) is 123 Å². The van der Waals surface area contributed by atoms with Gasteiger partial charge in [0.25, 0.3) is 0 Å². The van der Waals surface area contributed by atoms with E-state index >= 15 is 0 Å². The summed E-state index contributed by atoms with van der Waals surface area (Å²) in [6.45, 7) is 19.0. The van der Waals surface area contributed by atoms with Crippen LogP contribution in [0.5, 0.6) is 11.5 Å². The van der Waals surface area contributed by atoms with Crippen LogP contribution in [0.4, 0.5) is 4.79 Å². The number of hydrogen-bond donors (Lipinski definition) is 0. The minimum absolute atomic E-state index is 0.0472. The van der Waals surface area contributed by atoms with Crippen LogP contribution in [0.3, 0.4) is 0 Å². The molecule has 5 atom stereocenters. The zero-order chi connectivity index (χ0) is 41.5. The van der Waals surface area contributed by atoms with Gasteiger partial charge in [-0.15, -0.1) is 0 Å². The highest BCUT2D eigenvalue weighted by atomic mass is 16.7. The van der Waals surface area contributed by atoms with Gasteiger partial charge in [-0.2, -0.15) is 0 Å². The zero-order valence-electron chi connectivity index (χ0n) is 35.9. The third-order valence-corrected chi connectivity index (χ3v) is 11.4. The molecule has 0 aliphatic carbocycles. The summed E-state index contributed by atoms with van der Waals surface area (Å²) in [5, 5.41) is 0. The van der Waals surface area contributed by atoms with Gasteiger partial charge < -0.3 is 23.7 Å². The van der Waals surface area contributed by atoms with Crippen molar-refractivity contribution in [3.05, 3.63) is 82.4 Å². The Balaban J connectivity index is 1.31. The summed E-state index contributed by atoms with van der Waals surface area (Å²) in [5.74, 6) is 2.42. The average molecular weight is 787 g/mol. The van der Waals surface area contributed by atoms with E-state index in [1.807, 2.05) is 20.8 Å². The SMILES string of the molecule is Cc1c(C)c2c(c(C)c1OC(=O)OC(C)CC(COC(=O)c1cccnc1)OC(=O)c1cccnc1)CCC(C)(CCCC(C)CCCC(C)CCCC(C)C)O2. The molecule has 10 nitrogen and oxygen atoms in total. The number of pyridine rings is 2. The summed E-state index contributed by atoms with van der Waals surface area (Å²) < 4.78 is 29.5. The Morgan fingerprint density at radius 3 is 1.96 bits per heavy atom. The Labute approximate surface area is 340 Å². The summed E-state index contributed by atoms with van der Waals surface area (Å²) in [4.78, 5) is 46.7. The number of carbonyl (C=O) groups is 3. The standard InChI is InChI=1S/C47H66N2O8/c1-31(2)15-10-16-32(3)17-11-18-33(4)19-12-23-47(9)24-22-41-37(8)42(35(6)36(7)43(41)57-47)56-46(52)54-34(5)27-40(55-45(51)39-21-14-26-49-29-39)30-53-44(50)38-20-13-25-48-28-38/h13-14,20-21,25-26,28-29,31-34,40H,10-12,15-19,22-24,27,30H2,1-9H3. The van der Waals surface area contributed by atoms with E-state index < -0.39 is 30.3 Å². The van der Waals surface area contributed by atoms with Gasteiger partial charge in [-0.25, -0.2) is 14.4 Å². The van der Waals surface area contributed by atoms with Crippen molar-refractivity contribution in [2.75, 3.05) is 6.61 Å². The molecule has 0 amide bonds. The molecular formula is C47H66N2O8. The Bertz CT molecular complexity index is 1750. The Morgan fingerprint density at radius 1 is 0.772 bits per heavy atom. The minimum Gasteiger partial charge on any atom is -0.487 e. The number of nitrogens with zero attached hydrogens (tertiary/aromatic N) is 2. The number of benzene rings is 1. The molecule has 3 heterocycles. The number of esters is 2. The van der Waals surface area contributed by atoms with Gasteiger partial charge in [0, 0.05) is 36.8 Å². The lowest BCUT2D eigenvalue weighted by Crippen LogP contribution is -2.37. The number of ether oxygens (including phenoxy) is 5. The average Bonchev–Trinajstić information content (AvgIpc) is 3.18. The molecule has 0 bridgehead atoms. The van der Waals surface area contributed by atoms with Crippen LogP contribution < -0.4 is 9.47 Å². The van der Waals surface area contributed by atoms with Crippen LogP contribution >= 0.6 is 0 Å². The summed E-state index contributed by atoms with van der Waals surface area (Å²) in [6, 6.07) is 6.39. The lowest BCUT2D eigenvalue weighted by Gasteiger charge is -2.38. The van der Waals surface area contributed by atoms with Crippen molar-refractivity contribution in [2.24, 2.45) is 17.8 Å². The molecule has 1 aromatic carbocycles. The predicted molar refractivity (Wildman–Crippen MR) is 222 cm³/mol. The molecule has 0 saturated heterocycles. The van der Waals surface area contributed by atoms with Gasteiger partial charge in [0.2, 0.25) is 0 Å². The minimum atomic E-state index is -0.927. The van der Waals surface area contributed by atoms with E-state index in [9.17, 15) is 14.4 Å². The van der Waals surface area contributed by atoms with Crippen LogP contribution in [0.2, 0.25) is 0 Å². The van der Waals surface area contributed by atoms with Crippen LogP contribution in [-0.2, 0) is 20.6 Å². The number of hydrogen-bond acceptors (Lipinski definition) is 10. The van der Waals surface area contributed by atoms with Crippen LogP contribution in [0, 0.1) is 38.5 Å². The van der Waals surface area contributed by atoms with Crippen molar-refractivity contribution in [1.82, 2.24) is 9.97 Å². The largest absolute Gasteiger partial charge is 0.514 e. The second-order valence-electron chi connectivity index (χ2n) is 17.0. The Kier molecular flexibility index (Phi) is 17.4. The molecule has 0 fully saturated rings. The maximum Gasteiger partial charge on any atom is 0.514 e. The van der Waals surface area contributed by atoms with Gasteiger partial charge in [0.1, 0.15) is 35.9 Å². The summed E-state index contributed by atoms with van der Waals surface area (Å²) in [6.07, 6.45) is 16.4. The normalized spacial score (nSPS) is 17.1. The molecule has 1 aliphatic heterocycles. The zero-order valence-corrected chi connectivity index (χ0v) is 35.9. The fourth-order valence-corrected chi connectivity index (χ4v) is 7.69. The van der Waals surface area contributed by atoms with E-state index in [1.54, 1.807) is 43.6 Å². The van der Waals surface area contributed by atoms with E-state index in [-0.39, 0.29) is 29.8 Å². The molecule has 2 aromatic heterocycles. The summed E-state index contributed by atoms with van der Waals surface area (Å²) in [5.41, 5.74) is 3.93. The van der Waals surface area contributed by atoms with Crippen molar-refractivity contribution in [3.63, 3.8) is 0 Å².